The third-order valence-corrected chi connectivity index (χ3v) is 5.32. The molecule has 0 aliphatic carbocycles. The van der Waals surface area contributed by atoms with Crippen LogP contribution in [0.2, 0.25) is 0 Å². The third-order valence-electron chi connectivity index (χ3n) is 3.08. The number of aryl methyl sites for hydroxylation is 1. The topological polar surface area (TPSA) is 39.1 Å². The lowest BCUT2D eigenvalue weighted by Crippen LogP contribution is -2.44. The van der Waals surface area contributed by atoms with Crippen molar-refractivity contribution >= 4 is 52.1 Å². The molecular formula is C12H18BrCl2N3S. The molecule has 1 aliphatic rings. The standard InChI is InChI=1S/C12H16BrN3S.2ClH/c1-9-8-11(17-12(9)13)10(2-3-14)16-6-4-15-5-7-16;;/h8,10,15H,2,4-7H2,1H3;2*1H/t10-;;/m0../s1. The van der Waals surface area contributed by atoms with Gasteiger partial charge in [0, 0.05) is 31.1 Å². The van der Waals surface area contributed by atoms with Crippen LogP contribution in [0.1, 0.15) is 22.9 Å². The summed E-state index contributed by atoms with van der Waals surface area (Å²) in [5.74, 6) is 0. The van der Waals surface area contributed by atoms with Gasteiger partial charge in [0.15, 0.2) is 0 Å². The number of nitrogens with one attached hydrogen (secondary N) is 1. The highest BCUT2D eigenvalue weighted by molar-refractivity contribution is 9.11. The second-order valence-electron chi connectivity index (χ2n) is 4.27. The number of hydrogen-bond donors (Lipinski definition) is 1. The van der Waals surface area contributed by atoms with Gasteiger partial charge in [0.1, 0.15) is 0 Å². The molecule has 1 fully saturated rings. The molecule has 1 saturated heterocycles. The molecule has 0 spiro atoms. The Balaban J connectivity index is 0.00000162. The molecule has 1 N–H and O–H groups in total. The summed E-state index contributed by atoms with van der Waals surface area (Å²) < 4.78 is 1.19. The van der Waals surface area contributed by atoms with Crippen molar-refractivity contribution in [3.8, 4) is 6.07 Å². The molecule has 2 rings (SSSR count). The minimum Gasteiger partial charge on any atom is -0.314 e. The van der Waals surface area contributed by atoms with Crippen LogP contribution in [0.3, 0.4) is 0 Å². The van der Waals surface area contributed by atoms with Crippen molar-refractivity contribution in [1.82, 2.24) is 10.2 Å². The fourth-order valence-electron chi connectivity index (χ4n) is 2.14. The van der Waals surface area contributed by atoms with Crippen molar-refractivity contribution in [3.63, 3.8) is 0 Å². The van der Waals surface area contributed by atoms with Gasteiger partial charge in [-0.05, 0) is 34.5 Å². The Kier molecular flexibility index (Phi) is 9.25. The first-order valence-electron chi connectivity index (χ1n) is 5.80. The van der Waals surface area contributed by atoms with Crippen molar-refractivity contribution in [2.24, 2.45) is 0 Å². The van der Waals surface area contributed by atoms with Crippen LogP contribution >= 0.6 is 52.1 Å². The Bertz CT molecular complexity index is 408. The highest BCUT2D eigenvalue weighted by atomic mass is 79.9. The van der Waals surface area contributed by atoms with E-state index in [1.807, 2.05) is 0 Å². The maximum absolute atomic E-state index is 9.01. The monoisotopic (exact) mass is 385 g/mol. The van der Waals surface area contributed by atoms with E-state index in [0.29, 0.717) is 6.42 Å². The summed E-state index contributed by atoms with van der Waals surface area (Å²) in [4.78, 5) is 3.72. The van der Waals surface area contributed by atoms with Gasteiger partial charge in [-0.2, -0.15) is 5.26 Å². The fraction of sp³-hybridized carbons (Fsp3) is 0.583. The van der Waals surface area contributed by atoms with Gasteiger partial charge < -0.3 is 5.32 Å². The van der Waals surface area contributed by atoms with Crippen molar-refractivity contribution in [2.75, 3.05) is 26.2 Å². The van der Waals surface area contributed by atoms with E-state index in [0.717, 1.165) is 26.2 Å². The van der Waals surface area contributed by atoms with E-state index < -0.39 is 0 Å². The predicted molar refractivity (Wildman–Crippen MR) is 88.7 cm³/mol. The molecule has 7 heteroatoms. The molecule has 19 heavy (non-hydrogen) atoms. The zero-order valence-corrected chi connectivity index (χ0v) is 14.7. The van der Waals surface area contributed by atoms with Crippen LogP contribution in [0.5, 0.6) is 0 Å². The van der Waals surface area contributed by atoms with E-state index in [9.17, 15) is 0 Å². The van der Waals surface area contributed by atoms with Gasteiger partial charge in [-0.25, -0.2) is 0 Å². The largest absolute Gasteiger partial charge is 0.314 e. The summed E-state index contributed by atoms with van der Waals surface area (Å²) in [7, 11) is 0. The van der Waals surface area contributed by atoms with E-state index in [1.165, 1.54) is 14.2 Å². The first kappa shape index (κ1) is 19.2. The summed E-state index contributed by atoms with van der Waals surface area (Å²) in [5, 5.41) is 12.4. The van der Waals surface area contributed by atoms with Crippen LogP contribution in [-0.4, -0.2) is 31.1 Å². The molecule has 0 unspecified atom stereocenters. The van der Waals surface area contributed by atoms with Crippen molar-refractivity contribution in [3.05, 3.63) is 20.3 Å². The Hall–Kier alpha value is 0.170. The molecule has 0 bridgehead atoms. The molecule has 0 amide bonds. The van der Waals surface area contributed by atoms with E-state index in [4.69, 9.17) is 5.26 Å². The summed E-state index contributed by atoms with van der Waals surface area (Å²) in [6.45, 7) is 6.20. The van der Waals surface area contributed by atoms with Crippen LogP contribution < -0.4 is 5.32 Å². The second kappa shape index (κ2) is 9.17. The Morgan fingerprint density at radius 2 is 2.11 bits per heavy atom. The summed E-state index contributed by atoms with van der Waals surface area (Å²) in [6.07, 6.45) is 0.576. The van der Waals surface area contributed by atoms with Crippen LogP contribution in [-0.2, 0) is 0 Å². The van der Waals surface area contributed by atoms with E-state index >= 15 is 0 Å². The van der Waals surface area contributed by atoms with Gasteiger partial charge in [0.2, 0.25) is 0 Å². The normalized spacial score (nSPS) is 16.9. The molecular weight excluding hydrogens is 369 g/mol. The van der Waals surface area contributed by atoms with Gasteiger partial charge in [-0.1, -0.05) is 0 Å². The van der Waals surface area contributed by atoms with Gasteiger partial charge in [0.05, 0.1) is 22.3 Å². The van der Waals surface area contributed by atoms with E-state index in [-0.39, 0.29) is 30.9 Å². The first-order chi connectivity index (χ1) is 8.22. The van der Waals surface area contributed by atoms with E-state index in [1.54, 1.807) is 11.3 Å². The lowest BCUT2D eigenvalue weighted by Gasteiger charge is -2.33. The fourth-order valence-corrected chi connectivity index (χ4v) is 3.84. The molecule has 1 aliphatic heterocycles. The minimum absolute atomic E-state index is 0. The van der Waals surface area contributed by atoms with Crippen molar-refractivity contribution < 1.29 is 0 Å². The number of thiophene rings is 1. The van der Waals surface area contributed by atoms with Gasteiger partial charge >= 0.3 is 0 Å². The predicted octanol–water partition coefficient (Wildman–Crippen LogP) is 3.52. The number of hydrogen-bond acceptors (Lipinski definition) is 4. The van der Waals surface area contributed by atoms with Crippen LogP contribution in [0, 0.1) is 18.3 Å². The minimum atomic E-state index is 0. The summed E-state index contributed by atoms with van der Waals surface area (Å²) >= 11 is 5.32. The molecule has 108 valence electrons. The Morgan fingerprint density at radius 3 is 2.58 bits per heavy atom. The maximum atomic E-state index is 9.01. The first-order valence-corrected chi connectivity index (χ1v) is 7.41. The average Bonchev–Trinajstić information content (AvgIpc) is 2.67. The van der Waals surface area contributed by atoms with E-state index in [2.05, 4.69) is 45.2 Å². The molecule has 0 aromatic carbocycles. The second-order valence-corrected chi connectivity index (χ2v) is 6.67. The van der Waals surface area contributed by atoms with Crippen LogP contribution in [0.4, 0.5) is 0 Å². The lowest BCUT2D eigenvalue weighted by molar-refractivity contribution is 0.178. The molecule has 0 saturated carbocycles. The number of rotatable bonds is 3. The van der Waals surface area contributed by atoms with Crippen molar-refractivity contribution in [1.29, 1.82) is 5.26 Å². The molecule has 0 radical (unpaired) electrons. The molecule has 3 nitrogen and oxygen atoms in total. The molecule has 2 heterocycles. The smallest absolute Gasteiger partial charge is 0.0731 e. The number of nitrogens with zero attached hydrogens (tertiary/aromatic N) is 2. The zero-order valence-electron chi connectivity index (χ0n) is 10.7. The highest BCUT2D eigenvalue weighted by Crippen LogP contribution is 2.35. The quantitative estimate of drug-likeness (QED) is 0.863. The average molecular weight is 387 g/mol. The van der Waals surface area contributed by atoms with Crippen LogP contribution in [0.15, 0.2) is 9.85 Å². The zero-order chi connectivity index (χ0) is 12.3. The van der Waals surface area contributed by atoms with Gasteiger partial charge in [-0.15, -0.1) is 36.2 Å². The molecule has 1 atom stereocenters. The molecule has 1 aromatic rings. The number of halogens is 3. The third kappa shape index (κ3) is 4.89. The Morgan fingerprint density at radius 1 is 1.47 bits per heavy atom. The molecule has 1 aromatic heterocycles. The number of nitriles is 1. The van der Waals surface area contributed by atoms with Gasteiger partial charge in [-0.3, -0.25) is 4.90 Å². The van der Waals surface area contributed by atoms with Crippen LogP contribution in [0.25, 0.3) is 0 Å². The maximum Gasteiger partial charge on any atom is 0.0731 e. The van der Waals surface area contributed by atoms with Crippen molar-refractivity contribution in [2.45, 2.75) is 19.4 Å². The lowest BCUT2D eigenvalue weighted by atomic mass is 10.1. The summed E-state index contributed by atoms with van der Waals surface area (Å²) in [6, 6.07) is 4.79. The number of piperazine rings is 1. The summed E-state index contributed by atoms with van der Waals surface area (Å²) in [5.41, 5.74) is 1.27. The Labute approximate surface area is 139 Å². The SMILES string of the molecule is Cc1cc([C@H](CC#N)N2CCNCC2)sc1Br.Cl.Cl. The van der Waals surface area contributed by atoms with Gasteiger partial charge in [0.25, 0.3) is 0 Å². The highest BCUT2D eigenvalue weighted by Gasteiger charge is 2.23.